The Bertz CT molecular complexity index is 6900. The van der Waals surface area contributed by atoms with Gasteiger partial charge in [-0.05, 0) is 197 Å². The van der Waals surface area contributed by atoms with Crippen molar-refractivity contribution in [3.8, 4) is 61.3 Å². The summed E-state index contributed by atoms with van der Waals surface area (Å²) in [6.45, 7) is 4.72. The number of hydrogen-bond acceptors (Lipinski definition) is 4. The minimum Gasteiger partial charge on any atom is -0.455 e. The van der Waals surface area contributed by atoms with Crippen LogP contribution in [0.15, 0.2) is 403 Å². The van der Waals surface area contributed by atoms with Gasteiger partial charge in [-0.2, -0.15) is 0 Å². The largest absolute Gasteiger partial charge is 0.455 e. The second-order valence-electron chi connectivity index (χ2n) is 29.4. The van der Waals surface area contributed by atoms with Crippen molar-refractivity contribution in [3.05, 3.63) is 405 Å². The van der Waals surface area contributed by atoms with Crippen LogP contribution in [0.1, 0.15) is 25.0 Å². The monoisotopic (exact) mass is 1410 g/mol. The van der Waals surface area contributed by atoms with Gasteiger partial charge in [0.25, 0.3) is 0 Å². The lowest BCUT2D eigenvalue weighted by molar-refractivity contribution is 0.660. The molecule has 3 aromatic heterocycles. The third-order valence-corrected chi connectivity index (χ3v) is 22.9. The van der Waals surface area contributed by atoms with E-state index in [2.05, 4.69) is 398 Å². The second kappa shape index (κ2) is 26.1. The number of fused-ring (bicyclic) bond motifs is 18. The molecule has 0 radical (unpaired) electrons. The van der Waals surface area contributed by atoms with Gasteiger partial charge in [-0.3, -0.25) is 0 Å². The molecule has 0 saturated heterocycles. The molecule has 18 aromatic carbocycles. The first-order valence-corrected chi connectivity index (χ1v) is 37.9. The third-order valence-electron chi connectivity index (χ3n) is 22.9. The molecule has 0 fully saturated rings. The van der Waals surface area contributed by atoms with Crippen molar-refractivity contribution < 1.29 is 8.83 Å². The normalized spacial score (nSPS) is 12.3. The summed E-state index contributed by atoms with van der Waals surface area (Å²) in [5.74, 6) is 0. The van der Waals surface area contributed by atoms with Crippen molar-refractivity contribution >= 4 is 132 Å². The van der Waals surface area contributed by atoms with Gasteiger partial charge >= 0.3 is 0 Å². The number of nitrogens with zero attached hydrogens (tertiary/aromatic N) is 3. The molecule has 0 amide bonds. The minimum absolute atomic E-state index is 0.105. The fourth-order valence-corrected chi connectivity index (χ4v) is 17.5. The average Bonchev–Trinajstić information content (AvgIpc) is 1.50. The summed E-state index contributed by atoms with van der Waals surface area (Å²) in [4.78, 5) is 4.76. The maximum Gasteiger partial charge on any atom is 0.143 e. The number of furan rings is 2. The molecule has 22 rings (SSSR count). The van der Waals surface area contributed by atoms with Crippen LogP contribution in [0.3, 0.4) is 0 Å². The van der Waals surface area contributed by atoms with E-state index < -0.39 is 0 Å². The first-order chi connectivity index (χ1) is 54.3. The molecule has 1 aliphatic carbocycles. The van der Waals surface area contributed by atoms with Crippen LogP contribution in [-0.2, 0) is 5.41 Å². The number of hydrogen-bond donors (Lipinski definition) is 0. The average molecular weight is 1410 g/mol. The highest BCUT2D eigenvalue weighted by Crippen LogP contribution is 2.52. The Labute approximate surface area is 637 Å². The lowest BCUT2D eigenvalue weighted by Gasteiger charge is -2.29. The molecule has 5 heteroatoms. The summed E-state index contributed by atoms with van der Waals surface area (Å²) < 4.78 is 15.2. The maximum absolute atomic E-state index is 6.41. The molecule has 110 heavy (non-hydrogen) atoms. The standard InChI is InChI=1S/C54H35NO2.C51H36N2/c1-2-10-36(11-3-1)37-20-22-38(23-21-37)39-24-30-42(31-25-39)55(43-32-26-40(27-33-43)45-14-8-16-49-47-12-4-6-18-51(47)56-53(45)49)44-34-28-41(29-35-44)46-15-9-17-50-48-13-5-7-19-52(48)57-54(46)50;1-51(2)47-20-10-7-17-42(47)43-30-28-36(32-48(43)51)52(35-27-29-41-39-15-4-3-13-37(39)38-14-5-6-16-40(38)46(41)31-35)33-23-25-34(26-24-33)53-49-21-11-8-18-44(49)45-19-9-12-22-50(45)53/h1-35H;3-32H,1-2H3. The Morgan fingerprint density at radius 1 is 0.218 bits per heavy atom. The van der Waals surface area contributed by atoms with Crippen LogP contribution in [0.5, 0.6) is 0 Å². The molecule has 0 atom stereocenters. The number of anilines is 6. The fourth-order valence-electron chi connectivity index (χ4n) is 17.5. The summed E-state index contributed by atoms with van der Waals surface area (Å²) in [7, 11) is 0. The van der Waals surface area contributed by atoms with E-state index in [0.29, 0.717) is 0 Å². The van der Waals surface area contributed by atoms with Gasteiger partial charge in [0.1, 0.15) is 22.3 Å². The van der Waals surface area contributed by atoms with E-state index in [1.807, 2.05) is 24.3 Å². The molecule has 0 unspecified atom stereocenters. The van der Waals surface area contributed by atoms with Crippen LogP contribution in [0.4, 0.5) is 34.1 Å². The van der Waals surface area contributed by atoms with Crippen molar-refractivity contribution in [2.24, 2.45) is 0 Å². The highest BCUT2D eigenvalue weighted by molar-refractivity contribution is 6.26. The lowest BCUT2D eigenvalue weighted by atomic mass is 9.82. The summed E-state index contributed by atoms with van der Waals surface area (Å²) in [5.41, 5.74) is 28.2. The molecule has 0 aliphatic heterocycles. The zero-order valence-electron chi connectivity index (χ0n) is 60.7. The summed E-state index contributed by atoms with van der Waals surface area (Å²) in [6, 6.07) is 142. The van der Waals surface area contributed by atoms with Crippen LogP contribution >= 0.6 is 0 Å². The molecule has 518 valence electrons. The summed E-state index contributed by atoms with van der Waals surface area (Å²) in [5, 5.41) is 14.7. The Balaban J connectivity index is 0.000000140. The van der Waals surface area contributed by atoms with Crippen molar-refractivity contribution in [1.29, 1.82) is 0 Å². The zero-order valence-corrected chi connectivity index (χ0v) is 60.7. The molecule has 5 nitrogen and oxygen atoms in total. The van der Waals surface area contributed by atoms with E-state index >= 15 is 0 Å². The van der Waals surface area contributed by atoms with Crippen molar-refractivity contribution in [3.63, 3.8) is 0 Å². The fraction of sp³-hybridized carbons (Fsp3) is 0.0286. The maximum atomic E-state index is 6.41. The van der Waals surface area contributed by atoms with Crippen molar-refractivity contribution in [1.82, 2.24) is 4.57 Å². The molecule has 0 N–H and O–H groups in total. The Hall–Kier alpha value is -14.3. The summed E-state index contributed by atoms with van der Waals surface area (Å²) >= 11 is 0. The van der Waals surface area contributed by atoms with Crippen LogP contribution in [0, 0.1) is 0 Å². The Kier molecular flexibility index (Phi) is 15.2. The highest BCUT2D eigenvalue weighted by Gasteiger charge is 2.36. The third kappa shape index (κ3) is 10.7. The van der Waals surface area contributed by atoms with Crippen LogP contribution < -0.4 is 9.80 Å². The van der Waals surface area contributed by atoms with Crippen LogP contribution in [0.25, 0.3) is 159 Å². The van der Waals surface area contributed by atoms with Gasteiger partial charge in [0.05, 0.1) is 11.0 Å². The number of benzene rings is 18. The first kappa shape index (κ1) is 64.1. The molecule has 0 bridgehead atoms. The summed E-state index contributed by atoms with van der Waals surface area (Å²) in [6.07, 6.45) is 0. The molecular formula is C105H71N3O2. The molecule has 0 saturated carbocycles. The van der Waals surface area contributed by atoms with Gasteiger partial charge in [-0.1, -0.05) is 299 Å². The van der Waals surface area contributed by atoms with E-state index in [-0.39, 0.29) is 5.41 Å². The molecular weight excluding hydrogens is 1340 g/mol. The second-order valence-corrected chi connectivity index (χ2v) is 29.4. The SMILES string of the molecule is CC1(C)c2ccccc2-c2ccc(N(c3ccc(-n4c5ccccc5c5ccccc54)cc3)c3ccc4c5ccccc5c5ccccc5c4c3)cc21.c1ccc(-c2ccc(-c3ccc(N(c4ccc(-c5cccc6c5oc5ccccc56)cc4)c4ccc(-c5cccc6c5oc5ccccc56)cc4)cc3)cc2)cc1. The van der Waals surface area contributed by atoms with Crippen molar-refractivity contribution in [2.75, 3.05) is 9.80 Å². The predicted octanol–water partition coefficient (Wildman–Crippen LogP) is 29.6. The quantitative estimate of drug-likeness (QED) is 0.121. The van der Waals surface area contributed by atoms with E-state index in [1.165, 1.54) is 98.6 Å². The van der Waals surface area contributed by atoms with Gasteiger partial charge in [0.2, 0.25) is 0 Å². The van der Waals surface area contributed by atoms with E-state index in [0.717, 1.165) is 106 Å². The molecule has 0 spiro atoms. The van der Waals surface area contributed by atoms with Crippen LogP contribution in [-0.4, -0.2) is 4.57 Å². The van der Waals surface area contributed by atoms with E-state index in [1.54, 1.807) is 0 Å². The zero-order chi connectivity index (χ0) is 73.0. The number of para-hydroxylation sites is 6. The van der Waals surface area contributed by atoms with Gasteiger partial charge < -0.3 is 23.2 Å². The van der Waals surface area contributed by atoms with E-state index in [9.17, 15) is 0 Å². The highest BCUT2D eigenvalue weighted by atomic mass is 16.3. The lowest BCUT2D eigenvalue weighted by Crippen LogP contribution is -2.16. The minimum atomic E-state index is -0.105. The van der Waals surface area contributed by atoms with Gasteiger partial charge in [0, 0.05) is 88.7 Å². The Morgan fingerprint density at radius 2 is 0.555 bits per heavy atom. The molecule has 3 heterocycles. The smallest absolute Gasteiger partial charge is 0.143 e. The van der Waals surface area contributed by atoms with Gasteiger partial charge in [-0.25, -0.2) is 0 Å². The number of aromatic nitrogens is 1. The molecule has 1 aliphatic rings. The van der Waals surface area contributed by atoms with Gasteiger partial charge in [0.15, 0.2) is 0 Å². The van der Waals surface area contributed by atoms with Gasteiger partial charge in [-0.15, -0.1) is 0 Å². The topological polar surface area (TPSA) is 37.7 Å². The van der Waals surface area contributed by atoms with Crippen molar-refractivity contribution in [2.45, 2.75) is 19.3 Å². The molecule has 21 aromatic rings. The first-order valence-electron chi connectivity index (χ1n) is 37.9. The predicted molar refractivity (Wildman–Crippen MR) is 463 cm³/mol. The van der Waals surface area contributed by atoms with Crippen LogP contribution in [0.2, 0.25) is 0 Å². The number of rotatable bonds is 11. The Morgan fingerprint density at radius 3 is 1.07 bits per heavy atom. The van der Waals surface area contributed by atoms with E-state index in [4.69, 9.17) is 8.83 Å².